The minimum atomic E-state index is -0.264. The molecule has 6 nitrogen and oxygen atoms in total. The molecule has 1 aromatic rings. The van der Waals surface area contributed by atoms with Crippen molar-refractivity contribution in [3.05, 3.63) is 12.2 Å². The average Bonchev–Trinajstić information content (AvgIpc) is 2.70. The summed E-state index contributed by atoms with van der Waals surface area (Å²) in [4.78, 5) is 14.9. The number of hydrogen-bond donors (Lipinski definition) is 2. The summed E-state index contributed by atoms with van der Waals surface area (Å²) in [7, 11) is 0. The highest BCUT2D eigenvalue weighted by atomic mass is 16.2. The topological polar surface area (TPSA) is 94.5 Å². The van der Waals surface area contributed by atoms with E-state index in [-0.39, 0.29) is 11.7 Å². The second-order valence-electron chi connectivity index (χ2n) is 2.71. The number of nitrogens with zero attached hydrogens (tertiary/aromatic N) is 3. The van der Waals surface area contributed by atoms with E-state index in [0.29, 0.717) is 13.0 Å². The van der Waals surface area contributed by atoms with Gasteiger partial charge in [0, 0.05) is 13.0 Å². The molecule has 0 radical (unpaired) electrons. The number of nitriles is 1. The third kappa shape index (κ3) is 3.23. The molecule has 1 rings (SSSR count). The van der Waals surface area contributed by atoms with Crippen LogP contribution in [-0.4, -0.2) is 27.6 Å². The van der Waals surface area contributed by atoms with Gasteiger partial charge in [-0.2, -0.15) is 10.4 Å². The lowest BCUT2D eigenvalue weighted by molar-refractivity contribution is 0.0943. The normalized spacial score (nSPS) is 9.36. The molecular formula is C8H11N5O. The van der Waals surface area contributed by atoms with Gasteiger partial charge in [0.15, 0.2) is 0 Å². The van der Waals surface area contributed by atoms with Gasteiger partial charge in [-0.1, -0.05) is 0 Å². The van der Waals surface area contributed by atoms with Gasteiger partial charge in [-0.05, 0) is 12.8 Å². The Balaban J connectivity index is 2.14. The van der Waals surface area contributed by atoms with Crippen molar-refractivity contribution in [2.75, 3.05) is 6.54 Å². The number of nitrogens with one attached hydrogen (secondary N) is 2. The van der Waals surface area contributed by atoms with Crippen molar-refractivity contribution in [2.24, 2.45) is 0 Å². The van der Waals surface area contributed by atoms with Gasteiger partial charge in [0.1, 0.15) is 6.33 Å². The van der Waals surface area contributed by atoms with Crippen molar-refractivity contribution in [1.82, 2.24) is 20.5 Å². The van der Waals surface area contributed by atoms with E-state index < -0.39 is 0 Å². The Kier molecular flexibility index (Phi) is 4.14. The molecule has 0 aliphatic heterocycles. The summed E-state index contributed by atoms with van der Waals surface area (Å²) in [5.41, 5.74) is 0. The molecule has 0 spiro atoms. The molecule has 2 N–H and O–H groups in total. The van der Waals surface area contributed by atoms with E-state index in [1.54, 1.807) is 0 Å². The Hall–Kier alpha value is -1.90. The van der Waals surface area contributed by atoms with E-state index in [0.717, 1.165) is 12.8 Å². The van der Waals surface area contributed by atoms with Crippen molar-refractivity contribution >= 4 is 5.91 Å². The monoisotopic (exact) mass is 193 g/mol. The zero-order chi connectivity index (χ0) is 10.2. The van der Waals surface area contributed by atoms with Gasteiger partial charge in [0.2, 0.25) is 5.82 Å². The van der Waals surface area contributed by atoms with Crippen molar-refractivity contribution in [3.63, 3.8) is 0 Å². The van der Waals surface area contributed by atoms with Crippen LogP contribution < -0.4 is 5.32 Å². The number of unbranched alkanes of at least 4 members (excludes halogenated alkanes) is 2. The van der Waals surface area contributed by atoms with E-state index in [4.69, 9.17) is 5.26 Å². The maximum Gasteiger partial charge on any atom is 0.288 e. The summed E-state index contributed by atoms with van der Waals surface area (Å²) in [5.74, 6) is -0.0512. The lowest BCUT2D eigenvalue weighted by Gasteiger charge is -2.00. The zero-order valence-corrected chi connectivity index (χ0v) is 7.66. The Bertz CT molecular complexity index is 313. The van der Waals surface area contributed by atoms with Crippen LogP contribution in [0, 0.1) is 11.3 Å². The SMILES string of the molecule is N#CCCCCNC(=O)c1ncn[nH]1. The van der Waals surface area contributed by atoms with Crippen LogP contribution in [-0.2, 0) is 0 Å². The van der Waals surface area contributed by atoms with Crippen LogP contribution in [0.1, 0.15) is 29.9 Å². The first-order valence-electron chi connectivity index (χ1n) is 4.35. The minimum absolute atomic E-state index is 0.213. The summed E-state index contributed by atoms with van der Waals surface area (Å²) < 4.78 is 0. The molecule has 0 atom stereocenters. The smallest absolute Gasteiger partial charge is 0.288 e. The van der Waals surface area contributed by atoms with Crippen LogP contribution in [0.15, 0.2) is 6.33 Å². The van der Waals surface area contributed by atoms with Crippen molar-refractivity contribution in [1.29, 1.82) is 5.26 Å². The fraction of sp³-hybridized carbons (Fsp3) is 0.500. The van der Waals surface area contributed by atoms with Gasteiger partial charge in [0.25, 0.3) is 5.91 Å². The van der Waals surface area contributed by atoms with Crippen LogP contribution in [0.4, 0.5) is 0 Å². The molecule has 1 amide bonds. The van der Waals surface area contributed by atoms with Gasteiger partial charge in [-0.25, -0.2) is 4.98 Å². The van der Waals surface area contributed by atoms with Crippen LogP contribution in [0.3, 0.4) is 0 Å². The number of aromatic amines is 1. The fourth-order valence-electron chi connectivity index (χ4n) is 0.930. The zero-order valence-electron chi connectivity index (χ0n) is 7.66. The van der Waals surface area contributed by atoms with Gasteiger partial charge in [-0.3, -0.25) is 9.89 Å². The molecule has 74 valence electrons. The molecule has 0 fully saturated rings. The number of amides is 1. The van der Waals surface area contributed by atoms with Crippen LogP contribution >= 0.6 is 0 Å². The van der Waals surface area contributed by atoms with Crippen LogP contribution in [0.5, 0.6) is 0 Å². The van der Waals surface area contributed by atoms with E-state index in [9.17, 15) is 4.79 Å². The summed E-state index contributed by atoms with van der Waals surface area (Å²) in [6.07, 6.45) is 3.41. The lowest BCUT2D eigenvalue weighted by atomic mass is 10.2. The Morgan fingerprint density at radius 2 is 2.50 bits per heavy atom. The summed E-state index contributed by atoms with van der Waals surface area (Å²) in [5, 5.41) is 17.0. The number of rotatable bonds is 5. The largest absolute Gasteiger partial charge is 0.349 e. The lowest BCUT2D eigenvalue weighted by Crippen LogP contribution is -2.25. The summed E-state index contributed by atoms with van der Waals surface area (Å²) in [6.45, 7) is 0.557. The summed E-state index contributed by atoms with van der Waals surface area (Å²) in [6, 6.07) is 2.04. The first-order chi connectivity index (χ1) is 6.84. The van der Waals surface area contributed by atoms with Crippen molar-refractivity contribution in [3.8, 4) is 6.07 Å². The van der Waals surface area contributed by atoms with Crippen molar-refractivity contribution in [2.45, 2.75) is 19.3 Å². The molecule has 0 saturated heterocycles. The number of aromatic nitrogens is 3. The van der Waals surface area contributed by atoms with E-state index in [1.807, 2.05) is 6.07 Å². The number of carbonyl (C=O) groups is 1. The Labute approximate surface area is 81.3 Å². The summed E-state index contributed by atoms with van der Waals surface area (Å²) >= 11 is 0. The molecule has 0 aliphatic rings. The number of hydrogen-bond acceptors (Lipinski definition) is 4. The quantitative estimate of drug-likeness (QED) is 0.654. The molecule has 0 unspecified atom stereocenters. The highest BCUT2D eigenvalue weighted by Crippen LogP contribution is 1.92. The molecule has 0 aliphatic carbocycles. The predicted octanol–water partition coefficient (Wildman–Crippen LogP) is 0.228. The van der Waals surface area contributed by atoms with Gasteiger partial charge >= 0.3 is 0 Å². The van der Waals surface area contributed by atoms with E-state index >= 15 is 0 Å². The number of H-pyrrole nitrogens is 1. The minimum Gasteiger partial charge on any atom is -0.349 e. The van der Waals surface area contributed by atoms with Gasteiger partial charge < -0.3 is 5.32 Å². The third-order valence-electron chi connectivity index (χ3n) is 1.63. The molecule has 0 bridgehead atoms. The molecule has 0 aromatic carbocycles. The Morgan fingerprint density at radius 3 is 3.14 bits per heavy atom. The standard InChI is InChI=1S/C8H11N5O/c9-4-2-1-3-5-10-8(14)7-11-6-12-13-7/h6H,1-3,5H2,(H,10,14)(H,11,12,13). The second kappa shape index (κ2) is 5.70. The fourth-order valence-corrected chi connectivity index (χ4v) is 0.930. The maximum absolute atomic E-state index is 11.2. The van der Waals surface area contributed by atoms with E-state index in [1.165, 1.54) is 6.33 Å². The highest BCUT2D eigenvalue weighted by Gasteiger charge is 2.06. The Morgan fingerprint density at radius 1 is 1.64 bits per heavy atom. The van der Waals surface area contributed by atoms with E-state index in [2.05, 4.69) is 20.5 Å². The number of carbonyl (C=O) groups excluding carboxylic acids is 1. The van der Waals surface area contributed by atoms with Crippen LogP contribution in [0.25, 0.3) is 0 Å². The second-order valence-corrected chi connectivity index (χ2v) is 2.71. The first-order valence-corrected chi connectivity index (χ1v) is 4.35. The molecule has 1 heterocycles. The predicted molar refractivity (Wildman–Crippen MR) is 48.2 cm³/mol. The maximum atomic E-state index is 11.2. The molecule has 6 heteroatoms. The average molecular weight is 193 g/mol. The van der Waals surface area contributed by atoms with Gasteiger partial charge in [0.05, 0.1) is 6.07 Å². The molecule has 0 saturated carbocycles. The van der Waals surface area contributed by atoms with Crippen LogP contribution in [0.2, 0.25) is 0 Å². The molecule has 1 aromatic heterocycles. The highest BCUT2D eigenvalue weighted by molar-refractivity contribution is 5.90. The first kappa shape index (κ1) is 10.2. The molecule has 14 heavy (non-hydrogen) atoms. The van der Waals surface area contributed by atoms with Gasteiger partial charge in [-0.15, -0.1) is 0 Å². The third-order valence-corrected chi connectivity index (χ3v) is 1.63. The van der Waals surface area contributed by atoms with Crippen molar-refractivity contribution < 1.29 is 4.79 Å². The molecular weight excluding hydrogens is 182 g/mol.